The van der Waals surface area contributed by atoms with Crippen molar-refractivity contribution in [2.75, 3.05) is 13.1 Å². The third kappa shape index (κ3) is 2.33. The molecule has 3 atom stereocenters. The van der Waals surface area contributed by atoms with Gasteiger partial charge < -0.3 is 9.84 Å². The Morgan fingerprint density at radius 1 is 1.30 bits per heavy atom. The highest BCUT2D eigenvalue weighted by Gasteiger charge is 2.46. The van der Waals surface area contributed by atoms with E-state index in [1.54, 1.807) is 0 Å². The van der Waals surface area contributed by atoms with Crippen LogP contribution in [0.25, 0.3) is 0 Å². The van der Waals surface area contributed by atoms with Crippen LogP contribution >= 0.6 is 0 Å². The normalized spacial score (nSPS) is 33.3. The van der Waals surface area contributed by atoms with Crippen LogP contribution < -0.4 is 4.74 Å². The van der Waals surface area contributed by atoms with E-state index in [1.807, 2.05) is 24.3 Å². The Morgan fingerprint density at radius 2 is 2.05 bits per heavy atom. The third-order valence-electron chi connectivity index (χ3n) is 4.70. The quantitative estimate of drug-likeness (QED) is 0.855. The SMILES string of the molecule is CC1CCCN(C2C(O)c3ccccc3OC2(C)C)C1. The van der Waals surface area contributed by atoms with E-state index in [-0.39, 0.29) is 11.6 Å². The van der Waals surface area contributed by atoms with Gasteiger partial charge in [-0.25, -0.2) is 0 Å². The smallest absolute Gasteiger partial charge is 0.126 e. The van der Waals surface area contributed by atoms with Crippen LogP contribution in [-0.2, 0) is 0 Å². The summed E-state index contributed by atoms with van der Waals surface area (Å²) in [5, 5.41) is 10.9. The molecule has 1 saturated heterocycles. The lowest BCUT2D eigenvalue weighted by molar-refractivity contribution is -0.0920. The van der Waals surface area contributed by atoms with E-state index >= 15 is 0 Å². The van der Waals surface area contributed by atoms with Crippen LogP contribution in [0.2, 0.25) is 0 Å². The summed E-state index contributed by atoms with van der Waals surface area (Å²) in [6, 6.07) is 7.90. The number of likely N-dealkylation sites (tertiary alicyclic amines) is 1. The van der Waals surface area contributed by atoms with E-state index < -0.39 is 6.10 Å². The number of hydrogen-bond acceptors (Lipinski definition) is 3. The first-order valence-electron chi connectivity index (χ1n) is 7.69. The zero-order chi connectivity index (χ0) is 14.3. The molecule has 110 valence electrons. The standard InChI is InChI=1S/C17H25NO2/c1-12-7-6-10-18(11-12)16-15(19)13-8-4-5-9-14(13)20-17(16,2)3/h4-5,8-9,12,15-16,19H,6-7,10-11H2,1-3H3. The fraction of sp³-hybridized carbons (Fsp3) is 0.647. The van der Waals surface area contributed by atoms with Crippen molar-refractivity contribution in [1.82, 2.24) is 4.90 Å². The van der Waals surface area contributed by atoms with Crippen molar-refractivity contribution >= 4 is 0 Å². The topological polar surface area (TPSA) is 32.7 Å². The zero-order valence-electron chi connectivity index (χ0n) is 12.7. The monoisotopic (exact) mass is 275 g/mol. The summed E-state index contributed by atoms with van der Waals surface area (Å²) in [5.74, 6) is 1.52. The summed E-state index contributed by atoms with van der Waals surface area (Å²) in [4.78, 5) is 2.43. The van der Waals surface area contributed by atoms with E-state index in [9.17, 15) is 5.11 Å². The van der Waals surface area contributed by atoms with Gasteiger partial charge in [0.25, 0.3) is 0 Å². The molecule has 3 heteroatoms. The van der Waals surface area contributed by atoms with Crippen LogP contribution in [0.15, 0.2) is 24.3 Å². The van der Waals surface area contributed by atoms with Crippen LogP contribution in [0.4, 0.5) is 0 Å². The lowest BCUT2D eigenvalue weighted by Crippen LogP contribution is -2.59. The summed E-state index contributed by atoms with van der Waals surface area (Å²) < 4.78 is 6.19. The van der Waals surface area contributed by atoms with E-state index in [2.05, 4.69) is 25.7 Å². The van der Waals surface area contributed by atoms with Crippen LogP contribution in [0, 0.1) is 5.92 Å². The van der Waals surface area contributed by atoms with Gasteiger partial charge in [0, 0.05) is 12.1 Å². The molecule has 2 heterocycles. The van der Waals surface area contributed by atoms with Crippen LogP contribution in [0.5, 0.6) is 5.75 Å². The molecule has 0 aromatic heterocycles. The molecule has 1 fully saturated rings. The van der Waals surface area contributed by atoms with Gasteiger partial charge >= 0.3 is 0 Å². The number of ether oxygens (including phenoxy) is 1. The number of benzene rings is 1. The minimum Gasteiger partial charge on any atom is -0.486 e. The Balaban J connectivity index is 1.93. The van der Waals surface area contributed by atoms with Gasteiger partial charge in [0.1, 0.15) is 17.5 Å². The summed E-state index contributed by atoms with van der Waals surface area (Å²) in [5.41, 5.74) is 0.556. The Kier molecular flexibility index (Phi) is 3.51. The van der Waals surface area contributed by atoms with Crippen molar-refractivity contribution in [3.05, 3.63) is 29.8 Å². The maximum Gasteiger partial charge on any atom is 0.126 e. The van der Waals surface area contributed by atoms with E-state index in [4.69, 9.17) is 4.74 Å². The molecule has 1 N–H and O–H groups in total. The van der Waals surface area contributed by atoms with Crippen LogP contribution in [-0.4, -0.2) is 34.7 Å². The molecule has 1 aromatic carbocycles. The zero-order valence-corrected chi connectivity index (χ0v) is 12.7. The van der Waals surface area contributed by atoms with Gasteiger partial charge in [-0.3, -0.25) is 4.90 Å². The van der Waals surface area contributed by atoms with Crippen molar-refractivity contribution < 1.29 is 9.84 Å². The molecule has 2 aliphatic heterocycles. The number of aliphatic hydroxyl groups excluding tert-OH is 1. The summed E-state index contributed by atoms with van der Waals surface area (Å²) in [7, 11) is 0. The molecule has 20 heavy (non-hydrogen) atoms. The lowest BCUT2D eigenvalue weighted by atomic mass is 9.83. The van der Waals surface area contributed by atoms with Crippen LogP contribution in [0.1, 0.15) is 45.3 Å². The highest BCUT2D eigenvalue weighted by Crippen LogP contribution is 2.42. The molecular formula is C17H25NO2. The van der Waals surface area contributed by atoms with Crippen molar-refractivity contribution in [2.24, 2.45) is 5.92 Å². The number of aliphatic hydroxyl groups is 1. The highest BCUT2D eigenvalue weighted by molar-refractivity contribution is 5.39. The molecule has 0 spiro atoms. The van der Waals surface area contributed by atoms with E-state index in [1.165, 1.54) is 12.8 Å². The number of rotatable bonds is 1. The Labute approximate surface area is 121 Å². The minimum atomic E-state index is -0.472. The second-order valence-corrected chi connectivity index (χ2v) is 6.88. The number of nitrogens with zero attached hydrogens (tertiary/aromatic N) is 1. The molecule has 2 aliphatic rings. The van der Waals surface area contributed by atoms with Crippen molar-refractivity contribution in [1.29, 1.82) is 0 Å². The predicted octanol–water partition coefficient (Wildman–Crippen LogP) is 2.99. The maximum atomic E-state index is 10.9. The minimum absolute atomic E-state index is 0.0279. The van der Waals surface area contributed by atoms with Crippen LogP contribution in [0.3, 0.4) is 0 Å². The van der Waals surface area contributed by atoms with E-state index in [0.29, 0.717) is 5.92 Å². The van der Waals surface area contributed by atoms with E-state index in [0.717, 1.165) is 24.4 Å². The molecule has 3 rings (SSSR count). The fourth-order valence-corrected chi connectivity index (χ4v) is 3.83. The largest absolute Gasteiger partial charge is 0.486 e. The second-order valence-electron chi connectivity index (χ2n) is 6.88. The molecule has 0 bridgehead atoms. The predicted molar refractivity (Wildman–Crippen MR) is 79.9 cm³/mol. The molecule has 3 unspecified atom stereocenters. The van der Waals surface area contributed by atoms with Gasteiger partial charge in [0.15, 0.2) is 0 Å². The number of piperidine rings is 1. The average molecular weight is 275 g/mol. The average Bonchev–Trinajstić information content (AvgIpc) is 2.37. The maximum absolute atomic E-state index is 10.9. The van der Waals surface area contributed by atoms with Gasteiger partial charge in [-0.2, -0.15) is 0 Å². The fourth-order valence-electron chi connectivity index (χ4n) is 3.83. The third-order valence-corrected chi connectivity index (χ3v) is 4.70. The van der Waals surface area contributed by atoms with Crippen molar-refractivity contribution in [2.45, 2.75) is 51.4 Å². The first-order chi connectivity index (χ1) is 9.49. The number of fused-ring (bicyclic) bond motifs is 1. The lowest BCUT2D eigenvalue weighted by Gasteiger charge is -2.50. The van der Waals surface area contributed by atoms with Gasteiger partial charge in [-0.15, -0.1) is 0 Å². The van der Waals surface area contributed by atoms with Gasteiger partial charge in [0.05, 0.1) is 6.04 Å². The first-order valence-corrected chi connectivity index (χ1v) is 7.69. The Morgan fingerprint density at radius 3 is 2.80 bits per heavy atom. The Hall–Kier alpha value is -1.06. The highest BCUT2D eigenvalue weighted by atomic mass is 16.5. The summed E-state index contributed by atoms with van der Waals surface area (Å²) in [6.45, 7) is 8.59. The van der Waals surface area contributed by atoms with Gasteiger partial charge in [-0.1, -0.05) is 25.1 Å². The molecule has 0 aliphatic carbocycles. The molecule has 3 nitrogen and oxygen atoms in total. The van der Waals surface area contributed by atoms with Gasteiger partial charge in [0.2, 0.25) is 0 Å². The molecular weight excluding hydrogens is 250 g/mol. The molecule has 1 aromatic rings. The van der Waals surface area contributed by atoms with Gasteiger partial charge in [-0.05, 0) is 45.2 Å². The van der Waals surface area contributed by atoms with Crippen molar-refractivity contribution in [3.63, 3.8) is 0 Å². The molecule has 0 amide bonds. The number of para-hydroxylation sites is 1. The number of hydrogen-bond donors (Lipinski definition) is 1. The first kappa shape index (κ1) is 13.9. The summed E-state index contributed by atoms with van der Waals surface area (Å²) >= 11 is 0. The second kappa shape index (κ2) is 5.05. The molecule has 0 saturated carbocycles. The van der Waals surface area contributed by atoms with Crippen molar-refractivity contribution in [3.8, 4) is 5.75 Å². The summed E-state index contributed by atoms with van der Waals surface area (Å²) in [6.07, 6.45) is 2.03. The Bertz CT molecular complexity index is 486. The molecule has 0 radical (unpaired) electrons.